The van der Waals surface area contributed by atoms with Gasteiger partial charge in [0.05, 0.1) is 12.8 Å². The minimum atomic E-state index is -0.150. The minimum absolute atomic E-state index is 0.150. The highest BCUT2D eigenvalue weighted by Crippen LogP contribution is 2.32. The maximum atomic E-state index is 11.2. The van der Waals surface area contributed by atoms with Crippen LogP contribution in [0, 0.1) is 13.8 Å². The second kappa shape index (κ2) is 6.74. The summed E-state index contributed by atoms with van der Waals surface area (Å²) >= 11 is 1.67. The van der Waals surface area contributed by atoms with Gasteiger partial charge in [-0.1, -0.05) is 0 Å². The molecule has 5 nitrogen and oxygen atoms in total. The van der Waals surface area contributed by atoms with Crippen LogP contribution >= 0.6 is 11.3 Å². The van der Waals surface area contributed by atoms with Gasteiger partial charge in [0.15, 0.2) is 5.13 Å². The Morgan fingerprint density at radius 3 is 2.96 bits per heavy atom. The fourth-order valence-corrected chi connectivity index (χ4v) is 3.54. The molecule has 2 heterocycles. The lowest BCUT2D eigenvalue weighted by molar-refractivity contribution is -0.140. The first-order chi connectivity index (χ1) is 11.1. The summed E-state index contributed by atoms with van der Waals surface area (Å²) in [6.07, 6.45) is 3.75. The topological polar surface area (TPSA) is 56.1 Å². The van der Waals surface area contributed by atoms with Gasteiger partial charge in [-0.05, 0) is 39.2 Å². The van der Waals surface area contributed by atoms with E-state index in [1.165, 1.54) is 36.9 Å². The van der Waals surface area contributed by atoms with E-state index in [0.717, 1.165) is 23.8 Å². The van der Waals surface area contributed by atoms with Crippen molar-refractivity contribution in [1.29, 1.82) is 0 Å². The summed E-state index contributed by atoms with van der Waals surface area (Å²) in [7, 11) is 1.43. The van der Waals surface area contributed by atoms with Crippen molar-refractivity contribution in [2.24, 2.45) is 0 Å². The van der Waals surface area contributed by atoms with Crippen LogP contribution in [-0.4, -0.2) is 28.7 Å². The predicted molar refractivity (Wildman–Crippen MR) is 92.9 cm³/mol. The Morgan fingerprint density at radius 1 is 1.48 bits per heavy atom. The number of carbonyl (C=O) groups excluding carboxylic acids is 1. The van der Waals surface area contributed by atoms with Crippen LogP contribution in [0.2, 0.25) is 0 Å². The number of aryl methyl sites for hydroxylation is 1. The molecule has 0 spiro atoms. The minimum Gasteiger partial charge on any atom is -0.469 e. The molecule has 3 rings (SSSR count). The number of nitrogens with zero attached hydrogens (tertiary/aromatic N) is 2. The van der Waals surface area contributed by atoms with Crippen molar-refractivity contribution >= 4 is 22.4 Å². The Morgan fingerprint density at radius 2 is 2.26 bits per heavy atom. The molecule has 0 unspecified atom stereocenters. The molecular formula is C17H23N3O2S. The molecule has 0 radical (unpaired) electrons. The fraction of sp³-hybridized carbons (Fsp3) is 0.529. The van der Waals surface area contributed by atoms with E-state index in [4.69, 9.17) is 9.72 Å². The molecule has 2 aromatic rings. The van der Waals surface area contributed by atoms with E-state index in [1.807, 2.05) is 0 Å². The van der Waals surface area contributed by atoms with Crippen LogP contribution in [-0.2, 0) is 16.1 Å². The molecule has 1 fully saturated rings. The van der Waals surface area contributed by atoms with E-state index in [1.54, 1.807) is 11.3 Å². The molecule has 0 aliphatic heterocycles. The van der Waals surface area contributed by atoms with Gasteiger partial charge in [-0.3, -0.25) is 4.79 Å². The van der Waals surface area contributed by atoms with E-state index >= 15 is 0 Å². The summed E-state index contributed by atoms with van der Waals surface area (Å²) < 4.78 is 6.95. The third-order valence-electron chi connectivity index (χ3n) is 4.25. The standard InChI is InChI=1S/C17H23N3O2S/c1-11-9-14(12(2)20(11)8-4-5-16(21)22-3)15-10-23-17(19-15)18-13-6-7-13/h9-10,13H,4-8H2,1-3H3,(H,18,19). The zero-order valence-electron chi connectivity index (χ0n) is 13.9. The number of anilines is 1. The molecule has 0 aromatic carbocycles. The Labute approximate surface area is 140 Å². The molecule has 1 N–H and O–H groups in total. The van der Waals surface area contributed by atoms with Crippen LogP contribution in [0.15, 0.2) is 11.4 Å². The maximum absolute atomic E-state index is 11.2. The lowest BCUT2D eigenvalue weighted by atomic mass is 10.2. The van der Waals surface area contributed by atoms with Crippen molar-refractivity contribution in [3.8, 4) is 11.3 Å². The van der Waals surface area contributed by atoms with Gasteiger partial charge in [0.1, 0.15) is 0 Å². The first-order valence-electron chi connectivity index (χ1n) is 8.04. The maximum Gasteiger partial charge on any atom is 0.305 e. The molecule has 124 valence electrons. The van der Waals surface area contributed by atoms with Crippen molar-refractivity contribution in [3.05, 3.63) is 22.8 Å². The van der Waals surface area contributed by atoms with Gasteiger partial charge >= 0.3 is 5.97 Å². The molecule has 1 aliphatic carbocycles. The van der Waals surface area contributed by atoms with Gasteiger partial charge < -0.3 is 14.6 Å². The average molecular weight is 333 g/mol. The van der Waals surface area contributed by atoms with Crippen molar-refractivity contribution < 1.29 is 9.53 Å². The van der Waals surface area contributed by atoms with E-state index in [9.17, 15) is 4.79 Å². The zero-order chi connectivity index (χ0) is 16.4. The molecule has 0 saturated heterocycles. The molecule has 2 aromatic heterocycles. The number of carbonyl (C=O) groups is 1. The zero-order valence-corrected chi connectivity index (χ0v) is 14.7. The van der Waals surface area contributed by atoms with Crippen molar-refractivity contribution in [2.45, 2.75) is 52.1 Å². The van der Waals surface area contributed by atoms with Crippen molar-refractivity contribution in [1.82, 2.24) is 9.55 Å². The quantitative estimate of drug-likeness (QED) is 0.784. The van der Waals surface area contributed by atoms with Crippen LogP contribution in [0.1, 0.15) is 37.1 Å². The second-order valence-corrected chi connectivity index (χ2v) is 6.93. The molecular weight excluding hydrogens is 310 g/mol. The molecule has 23 heavy (non-hydrogen) atoms. The summed E-state index contributed by atoms with van der Waals surface area (Å²) in [5.74, 6) is -0.150. The Balaban J connectivity index is 1.71. The Bertz CT molecular complexity index is 701. The molecule has 1 saturated carbocycles. The van der Waals surface area contributed by atoms with Crippen LogP contribution in [0.5, 0.6) is 0 Å². The Kier molecular flexibility index (Phi) is 4.71. The number of ether oxygens (including phenoxy) is 1. The molecule has 0 bridgehead atoms. The van der Waals surface area contributed by atoms with E-state index in [-0.39, 0.29) is 5.97 Å². The van der Waals surface area contributed by atoms with E-state index in [2.05, 4.69) is 35.2 Å². The number of hydrogen-bond donors (Lipinski definition) is 1. The van der Waals surface area contributed by atoms with Crippen molar-refractivity contribution in [2.75, 3.05) is 12.4 Å². The Hall–Kier alpha value is -1.82. The lowest BCUT2D eigenvalue weighted by Crippen LogP contribution is -2.06. The largest absolute Gasteiger partial charge is 0.469 e. The second-order valence-electron chi connectivity index (χ2n) is 6.07. The van der Waals surface area contributed by atoms with Crippen LogP contribution in [0.4, 0.5) is 5.13 Å². The summed E-state index contributed by atoms with van der Waals surface area (Å²) in [5, 5.41) is 6.58. The van der Waals surface area contributed by atoms with Gasteiger partial charge in [-0.25, -0.2) is 4.98 Å². The van der Waals surface area contributed by atoms with Gasteiger partial charge in [-0.15, -0.1) is 11.3 Å². The normalized spacial score (nSPS) is 14.0. The summed E-state index contributed by atoms with van der Waals surface area (Å²) in [6.45, 7) is 5.04. The van der Waals surface area contributed by atoms with Gasteiger partial charge in [-0.2, -0.15) is 0 Å². The van der Waals surface area contributed by atoms with E-state index in [0.29, 0.717) is 12.5 Å². The van der Waals surface area contributed by atoms with Crippen LogP contribution in [0.25, 0.3) is 11.3 Å². The fourth-order valence-electron chi connectivity index (χ4n) is 2.75. The number of thiazole rings is 1. The van der Waals surface area contributed by atoms with Gasteiger partial charge in [0.2, 0.25) is 0 Å². The average Bonchev–Trinajstić information content (AvgIpc) is 3.15. The van der Waals surface area contributed by atoms with Crippen molar-refractivity contribution in [3.63, 3.8) is 0 Å². The monoisotopic (exact) mass is 333 g/mol. The smallest absolute Gasteiger partial charge is 0.305 e. The van der Waals surface area contributed by atoms with Crippen LogP contribution in [0.3, 0.4) is 0 Å². The molecule has 6 heteroatoms. The summed E-state index contributed by atoms with van der Waals surface area (Å²) in [5.41, 5.74) is 4.62. The molecule has 1 aliphatic rings. The number of hydrogen-bond acceptors (Lipinski definition) is 5. The third-order valence-corrected chi connectivity index (χ3v) is 5.02. The first-order valence-corrected chi connectivity index (χ1v) is 8.92. The summed E-state index contributed by atoms with van der Waals surface area (Å²) in [4.78, 5) is 16.0. The van der Waals surface area contributed by atoms with Gasteiger partial charge in [0, 0.05) is 41.3 Å². The third kappa shape index (κ3) is 3.75. The van der Waals surface area contributed by atoms with Gasteiger partial charge in [0.25, 0.3) is 0 Å². The predicted octanol–water partition coefficient (Wildman–Crippen LogP) is 3.76. The van der Waals surface area contributed by atoms with E-state index < -0.39 is 0 Å². The number of nitrogens with one attached hydrogen (secondary N) is 1. The lowest BCUT2D eigenvalue weighted by Gasteiger charge is -2.09. The van der Waals surface area contributed by atoms with Crippen LogP contribution < -0.4 is 5.32 Å². The summed E-state index contributed by atoms with van der Waals surface area (Å²) in [6, 6.07) is 2.81. The number of rotatable bonds is 7. The highest BCUT2D eigenvalue weighted by atomic mass is 32.1. The molecule has 0 atom stereocenters. The number of esters is 1. The number of methoxy groups -OCH3 is 1. The molecule has 0 amide bonds. The first kappa shape index (κ1) is 16.1. The highest BCUT2D eigenvalue weighted by molar-refractivity contribution is 7.14. The number of aromatic nitrogens is 2. The highest BCUT2D eigenvalue weighted by Gasteiger charge is 2.22. The SMILES string of the molecule is COC(=O)CCCn1c(C)cc(-c2csc(NC3CC3)n2)c1C.